The molecule has 0 amide bonds. The van der Waals surface area contributed by atoms with Crippen molar-refractivity contribution in [3.05, 3.63) is 74.9 Å². The van der Waals surface area contributed by atoms with Crippen molar-refractivity contribution < 1.29 is 0 Å². The Hall–Kier alpha value is -2.50. The van der Waals surface area contributed by atoms with Crippen LogP contribution in [-0.2, 0) is 0 Å². The molecular weight excluding hydrogens is 330 g/mol. The highest BCUT2D eigenvalue weighted by molar-refractivity contribution is 7.07. The van der Waals surface area contributed by atoms with Gasteiger partial charge < -0.3 is 0 Å². The van der Waals surface area contributed by atoms with Gasteiger partial charge in [-0.1, -0.05) is 29.8 Å². The van der Waals surface area contributed by atoms with E-state index in [0.29, 0.717) is 21.9 Å². The summed E-state index contributed by atoms with van der Waals surface area (Å²) in [6.45, 7) is 0. The molecule has 0 aliphatic rings. The van der Waals surface area contributed by atoms with Gasteiger partial charge in [-0.15, -0.1) is 11.3 Å². The number of para-hydroxylation sites is 1. The van der Waals surface area contributed by atoms with Gasteiger partial charge in [-0.2, -0.15) is 4.98 Å². The summed E-state index contributed by atoms with van der Waals surface area (Å²) in [5, 5.41) is 3.28. The molecule has 2 heterocycles. The van der Waals surface area contributed by atoms with Crippen LogP contribution in [0, 0.1) is 0 Å². The lowest BCUT2D eigenvalue weighted by molar-refractivity contribution is 0.961. The Morgan fingerprint density at radius 1 is 1.09 bits per heavy atom. The van der Waals surface area contributed by atoms with Crippen LogP contribution in [0.25, 0.3) is 28.0 Å². The van der Waals surface area contributed by atoms with Gasteiger partial charge in [0.15, 0.2) is 0 Å². The third kappa shape index (κ3) is 2.44. The first-order chi connectivity index (χ1) is 11.2. The first-order valence-electron chi connectivity index (χ1n) is 6.90. The van der Waals surface area contributed by atoms with Gasteiger partial charge in [-0.25, -0.2) is 9.78 Å². The third-order valence-electron chi connectivity index (χ3n) is 3.54. The molecule has 0 radical (unpaired) electrons. The lowest BCUT2D eigenvalue weighted by Gasteiger charge is -2.12. The topological polar surface area (TPSA) is 47.8 Å². The summed E-state index contributed by atoms with van der Waals surface area (Å²) < 4.78 is 1.57. The monoisotopic (exact) mass is 339 g/mol. The summed E-state index contributed by atoms with van der Waals surface area (Å²) in [7, 11) is 0. The summed E-state index contributed by atoms with van der Waals surface area (Å²) in [4.78, 5) is 21.2. The van der Waals surface area contributed by atoms with Crippen molar-refractivity contribution in [3.8, 4) is 17.1 Å². The van der Waals surface area contributed by atoms with Crippen LogP contribution in [0.3, 0.4) is 0 Å². The number of hydrogen-bond acceptors (Lipinski definition) is 4. The van der Waals surface area contributed by atoms with E-state index >= 15 is 0 Å². The highest BCUT2D eigenvalue weighted by Gasteiger charge is 2.14. The van der Waals surface area contributed by atoms with Crippen molar-refractivity contribution in [1.29, 1.82) is 0 Å². The average molecular weight is 340 g/mol. The lowest BCUT2D eigenvalue weighted by atomic mass is 10.1. The van der Waals surface area contributed by atoms with E-state index in [1.54, 1.807) is 22.2 Å². The first kappa shape index (κ1) is 14.1. The molecule has 4 rings (SSSR count). The molecular formula is C17H10ClN3OS. The van der Waals surface area contributed by atoms with E-state index in [-0.39, 0.29) is 5.69 Å². The van der Waals surface area contributed by atoms with Crippen LogP contribution in [0.4, 0.5) is 0 Å². The van der Waals surface area contributed by atoms with Crippen LogP contribution in [0.15, 0.2) is 64.2 Å². The molecule has 112 valence electrons. The van der Waals surface area contributed by atoms with Crippen LogP contribution in [0.2, 0.25) is 5.02 Å². The fraction of sp³-hybridized carbons (Fsp3) is 0. The van der Waals surface area contributed by atoms with Gasteiger partial charge in [0.1, 0.15) is 11.4 Å². The lowest BCUT2D eigenvalue weighted by Crippen LogP contribution is -2.22. The largest absolute Gasteiger partial charge is 0.353 e. The summed E-state index contributed by atoms with van der Waals surface area (Å²) in [6, 6.07) is 14.8. The molecule has 2 aromatic heterocycles. The van der Waals surface area contributed by atoms with E-state index in [2.05, 4.69) is 9.97 Å². The Bertz CT molecular complexity index is 1040. The van der Waals surface area contributed by atoms with E-state index in [9.17, 15) is 4.79 Å². The molecule has 0 aliphatic heterocycles. The maximum absolute atomic E-state index is 12.6. The minimum atomic E-state index is -0.353. The van der Waals surface area contributed by atoms with E-state index in [4.69, 9.17) is 11.6 Å². The summed E-state index contributed by atoms with van der Waals surface area (Å²) >= 11 is 7.62. The molecule has 4 nitrogen and oxygen atoms in total. The third-order valence-corrected chi connectivity index (χ3v) is 4.37. The Morgan fingerprint density at radius 3 is 2.65 bits per heavy atom. The highest BCUT2D eigenvalue weighted by atomic mass is 35.5. The predicted molar refractivity (Wildman–Crippen MR) is 93.5 cm³/mol. The zero-order valence-corrected chi connectivity index (χ0v) is 13.4. The smallest absolute Gasteiger partial charge is 0.260 e. The maximum atomic E-state index is 12.6. The first-order valence-corrected chi connectivity index (χ1v) is 8.22. The van der Waals surface area contributed by atoms with Gasteiger partial charge in [0.05, 0.1) is 16.7 Å². The fourth-order valence-electron chi connectivity index (χ4n) is 2.55. The van der Waals surface area contributed by atoms with Crippen LogP contribution in [0.1, 0.15) is 0 Å². The summed E-state index contributed by atoms with van der Waals surface area (Å²) in [5.41, 5.74) is 4.11. The second kappa shape index (κ2) is 5.61. The Kier molecular flexibility index (Phi) is 3.44. The number of benzene rings is 2. The zero-order valence-electron chi connectivity index (χ0n) is 11.8. The number of halogens is 1. The standard InChI is InChI=1S/C17H10ClN3OS/c18-11-6-7-13-15(8-11)21(12-4-2-1-3-5-12)17(22)20-16(13)14-9-23-10-19-14/h1-10H. The number of rotatable bonds is 2. The number of thiazole rings is 1. The Labute approximate surface area is 140 Å². The van der Waals surface area contributed by atoms with Crippen LogP contribution in [-0.4, -0.2) is 14.5 Å². The molecule has 2 aromatic carbocycles. The molecule has 0 unspecified atom stereocenters. The Morgan fingerprint density at radius 2 is 1.91 bits per heavy atom. The van der Waals surface area contributed by atoms with Gasteiger partial charge >= 0.3 is 5.69 Å². The molecule has 23 heavy (non-hydrogen) atoms. The number of nitrogens with zero attached hydrogens (tertiary/aromatic N) is 3. The second-order valence-corrected chi connectivity index (χ2v) is 6.10. The number of hydrogen-bond donors (Lipinski definition) is 0. The normalized spacial score (nSPS) is 11.0. The molecule has 0 spiro atoms. The van der Waals surface area contributed by atoms with Gasteiger partial charge in [0.2, 0.25) is 0 Å². The molecule has 0 atom stereocenters. The Balaban J connectivity index is 2.14. The van der Waals surface area contributed by atoms with E-state index in [1.165, 1.54) is 11.3 Å². The van der Waals surface area contributed by atoms with Crippen LogP contribution in [0.5, 0.6) is 0 Å². The SMILES string of the molecule is O=c1nc(-c2cscn2)c2ccc(Cl)cc2n1-c1ccccc1. The summed E-state index contributed by atoms with van der Waals surface area (Å²) in [5.74, 6) is 0. The van der Waals surface area contributed by atoms with Crippen molar-refractivity contribution in [3.63, 3.8) is 0 Å². The maximum Gasteiger partial charge on any atom is 0.353 e. The molecule has 0 bridgehead atoms. The van der Waals surface area contributed by atoms with Crippen LogP contribution < -0.4 is 5.69 Å². The van der Waals surface area contributed by atoms with Crippen molar-refractivity contribution in [2.75, 3.05) is 0 Å². The van der Waals surface area contributed by atoms with Crippen molar-refractivity contribution in [2.45, 2.75) is 0 Å². The minimum absolute atomic E-state index is 0.353. The van der Waals surface area contributed by atoms with E-state index in [1.807, 2.05) is 41.8 Å². The van der Waals surface area contributed by atoms with Crippen molar-refractivity contribution in [1.82, 2.24) is 14.5 Å². The van der Waals surface area contributed by atoms with Gasteiger partial charge in [0, 0.05) is 15.8 Å². The molecule has 0 aliphatic carbocycles. The minimum Gasteiger partial charge on any atom is -0.260 e. The molecule has 4 aromatic rings. The second-order valence-electron chi connectivity index (χ2n) is 4.95. The fourth-order valence-corrected chi connectivity index (χ4v) is 3.25. The quantitative estimate of drug-likeness (QED) is 0.551. The zero-order chi connectivity index (χ0) is 15.8. The van der Waals surface area contributed by atoms with Gasteiger partial charge in [-0.3, -0.25) is 4.57 Å². The van der Waals surface area contributed by atoms with Crippen molar-refractivity contribution >= 4 is 33.8 Å². The highest BCUT2D eigenvalue weighted by Crippen LogP contribution is 2.28. The van der Waals surface area contributed by atoms with Crippen LogP contribution >= 0.6 is 22.9 Å². The number of aromatic nitrogens is 3. The van der Waals surface area contributed by atoms with Gasteiger partial charge in [0.25, 0.3) is 0 Å². The van der Waals surface area contributed by atoms with Gasteiger partial charge in [-0.05, 0) is 30.3 Å². The predicted octanol–water partition coefficient (Wildman–Crippen LogP) is 4.16. The molecule has 0 fully saturated rings. The molecule has 0 saturated heterocycles. The molecule has 6 heteroatoms. The van der Waals surface area contributed by atoms with E-state index in [0.717, 1.165) is 11.1 Å². The average Bonchev–Trinajstić information content (AvgIpc) is 3.09. The van der Waals surface area contributed by atoms with E-state index < -0.39 is 0 Å². The molecule has 0 N–H and O–H groups in total. The van der Waals surface area contributed by atoms with Crippen molar-refractivity contribution in [2.24, 2.45) is 0 Å². The molecule has 0 saturated carbocycles. The number of fused-ring (bicyclic) bond motifs is 1. The summed E-state index contributed by atoms with van der Waals surface area (Å²) in [6.07, 6.45) is 0.